The Morgan fingerprint density at radius 2 is 1.58 bits per heavy atom. The Bertz CT molecular complexity index is 1180. The molecule has 168 valence electrons. The Hall–Kier alpha value is -3.40. The molecule has 0 amide bonds. The van der Waals surface area contributed by atoms with Gasteiger partial charge in [-0.15, -0.1) is 0 Å². The number of para-hydroxylation sites is 1. The van der Waals surface area contributed by atoms with Crippen LogP contribution in [-0.4, -0.2) is 29.7 Å². The summed E-state index contributed by atoms with van der Waals surface area (Å²) in [6.07, 6.45) is 4.54. The molecule has 4 nitrogen and oxygen atoms in total. The third-order valence-corrected chi connectivity index (χ3v) is 6.45. The monoisotopic (exact) mass is 437 g/mol. The van der Waals surface area contributed by atoms with Crippen LogP contribution in [0.25, 0.3) is 22.3 Å². The Kier molecular flexibility index (Phi) is 6.52. The lowest BCUT2D eigenvalue weighted by Gasteiger charge is -2.33. The van der Waals surface area contributed by atoms with Gasteiger partial charge in [0.15, 0.2) is 5.82 Å². The molecule has 3 aromatic carbocycles. The second-order valence-electron chi connectivity index (χ2n) is 8.88. The summed E-state index contributed by atoms with van der Waals surface area (Å²) in [5.41, 5.74) is 3.46. The molecule has 0 N–H and O–H groups in total. The van der Waals surface area contributed by atoms with E-state index in [1.54, 1.807) is 0 Å². The summed E-state index contributed by atoms with van der Waals surface area (Å²) in [5, 5.41) is 1.13. The van der Waals surface area contributed by atoms with Crippen LogP contribution < -0.4 is 9.64 Å². The smallest absolute Gasteiger partial charge is 0.162 e. The van der Waals surface area contributed by atoms with Gasteiger partial charge in [0.05, 0.1) is 12.1 Å². The van der Waals surface area contributed by atoms with Crippen molar-refractivity contribution < 1.29 is 4.74 Å². The number of nitrogens with zero attached hydrogens (tertiary/aromatic N) is 3. The molecule has 0 aliphatic carbocycles. The van der Waals surface area contributed by atoms with E-state index in [1.807, 2.05) is 12.1 Å². The summed E-state index contributed by atoms with van der Waals surface area (Å²) >= 11 is 0. The van der Waals surface area contributed by atoms with Crippen LogP contribution in [0.5, 0.6) is 5.75 Å². The number of piperidine rings is 1. The maximum atomic E-state index is 5.74. The van der Waals surface area contributed by atoms with Crippen molar-refractivity contribution in [3.63, 3.8) is 0 Å². The summed E-state index contributed by atoms with van der Waals surface area (Å²) < 4.78 is 5.74. The first-order chi connectivity index (χ1) is 16.3. The lowest BCUT2D eigenvalue weighted by molar-refractivity contribution is 0.317. The minimum Gasteiger partial charge on any atom is -0.494 e. The molecule has 33 heavy (non-hydrogen) atoms. The van der Waals surface area contributed by atoms with Gasteiger partial charge in [-0.2, -0.15) is 0 Å². The molecule has 1 fully saturated rings. The number of aromatic nitrogens is 2. The van der Waals surface area contributed by atoms with Gasteiger partial charge in [-0.1, -0.05) is 49.4 Å². The number of rotatable bonds is 7. The normalized spacial score (nSPS) is 14.5. The predicted octanol–water partition coefficient (Wildman–Crippen LogP) is 6.54. The minimum absolute atomic E-state index is 0.729. The number of fused-ring (bicyclic) bond motifs is 1. The topological polar surface area (TPSA) is 38.2 Å². The lowest BCUT2D eigenvalue weighted by atomic mass is 9.90. The third-order valence-electron chi connectivity index (χ3n) is 6.45. The molecule has 5 rings (SSSR count). The molecule has 1 aliphatic heterocycles. The summed E-state index contributed by atoms with van der Waals surface area (Å²) in [6, 6.07) is 27.4. The van der Waals surface area contributed by atoms with Gasteiger partial charge in [0.1, 0.15) is 11.6 Å². The van der Waals surface area contributed by atoms with E-state index in [2.05, 4.69) is 78.6 Å². The van der Waals surface area contributed by atoms with Crippen LogP contribution in [0, 0.1) is 5.92 Å². The Labute approximate surface area is 196 Å². The van der Waals surface area contributed by atoms with Gasteiger partial charge in [-0.25, -0.2) is 9.97 Å². The van der Waals surface area contributed by atoms with Gasteiger partial charge in [0, 0.05) is 24.0 Å². The van der Waals surface area contributed by atoms with Gasteiger partial charge < -0.3 is 9.64 Å². The van der Waals surface area contributed by atoms with Crippen LogP contribution in [0.15, 0.2) is 78.9 Å². The molecular weight excluding hydrogens is 406 g/mol. The van der Waals surface area contributed by atoms with Crippen LogP contribution in [0.1, 0.15) is 31.7 Å². The molecule has 0 bridgehead atoms. The molecule has 0 saturated carbocycles. The maximum absolute atomic E-state index is 5.74. The zero-order valence-electron chi connectivity index (χ0n) is 19.3. The van der Waals surface area contributed by atoms with E-state index in [1.165, 1.54) is 18.4 Å². The van der Waals surface area contributed by atoms with Crippen LogP contribution in [0.3, 0.4) is 0 Å². The SMILES string of the molecule is CCCOc1ccc(-c2nc(N3CCC(Cc4ccccc4)CC3)c3ccccc3n2)cc1. The highest BCUT2D eigenvalue weighted by Crippen LogP contribution is 2.31. The summed E-state index contributed by atoms with van der Waals surface area (Å²) in [4.78, 5) is 12.4. The molecule has 0 spiro atoms. The van der Waals surface area contributed by atoms with Crippen LogP contribution >= 0.6 is 0 Å². The second-order valence-corrected chi connectivity index (χ2v) is 8.88. The highest BCUT2D eigenvalue weighted by atomic mass is 16.5. The van der Waals surface area contributed by atoms with Gasteiger partial charge in [-0.05, 0) is 73.6 Å². The first-order valence-electron chi connectivity index (χ1n) is 12.1. The van der Waals surface area contributed by atoms with E-state index >= 15 is 0 Å². The summed E-state index contributed by atoms with van der Waals surface area (Å²) in [6.45, 7) is 4.91. The van der Waals surface area contributed by atoms with Crippen LogP contribution in [0.2, 0.25) is 0 Å². The molecule has 2 heterocycles. The van der Waals surface area contributed by atoms with E-state index in [-0.39, 0.29) is 0 Å². The molecule has 0 atom stereocenters. The third kappa shape index (κ3) is 5.00. The number of hydrogen-bond donors (Lipinski definition) is 0. The Balaban J connectivity index is 1.38. The first kappa shape index (κ1) is 21.4. The van der Waals surface area contributed by atoms with E-state index < -0.39 is 0 Å². The molecule has 1 aliphatic rings. The lowest BCUT2D eigenvalue weighted by Crippen LogP contribution is -2.35. The highest BCUT2D eigenvalue weighted by Gasteiger charge is 2.23. The predicted molar refractivity (Wildman–Crippen MR) is 136 cm³/mol. The van der Waals surface area contributed by atoms with E-state index in [9.17, 15) is 0 Å². The van der Waals surface area contributed by atoms with Crippen molar-refractivity contribution in [3.05, 3.63) is 84.4 Å². The fourth-order valence-corrected chi connectivity index (χ4v) is 4.65. The van der Waals surface area contributed by atoms with Crippen molar-refractivity contribution in [2.24, 2.45) is 5.92 Å². The number of hydrogen-bond acceptors (Lipinski definition) is 4. The van der Waals surface area contributed by atoms with Crippen LogP contribution in [-0.2, 0) is 6.42 Å². The molecule has 1 saturated heterocycles. The summed E-state index contributed by atoms with van der Waals surface area (Å²) in [7, 11) is 0. The molecule has 4 heteroatoms. The largest absolute Gasteiger partial charge is 0.494 e. The van der Waals surface area contributed by atoms with Gasteiger partial charge in [-0.3, -0.25) is 0 Å². The first-order valence-corrected chi connectivity index (χ1v) is 12.1. The van der Waals surface area contributed by atoms with E-state index in [4.69, 9.17) is 14.7 Å². The Morgan fingerprint density at radius 1 is 0.848 bits per heavy atom. The number of benzene rings is 3. The average Bonchev–Trinajstić information content (AvgIpc) is 2.88. The summed E-state index contributed by atoms with van der Waals surface area (Å²) in [5.74, 6) is 3.45. The molecule has 0 unspecified atom stereocenters. The van der Waals surface area contributed by atoms with Crippen molar-refractivity contribution in [1.29, 1.82) is 0 Å². The van der Waals surface area contributed by atoms with Gasteiger partial charge in [0.25, 0.3) is 0 Å². The van der Waals surface area contributed by atoms with Crippen molar-refractivity contribution in [1.82, 2.24) is 9.97 Å². The van der Waals surface area contributed by atoms with Crippen LogP contribution in [0.4, 0.5) is 5.82 Å². The van der Waals surface area contributed by atoms with Crippen molar-refractivity contribution in [3.8, 4) is 17.1 Å². The molecular formula is C29H31N3O. The highest BCUT2D eigenvalue weighted by molar-refractivity contribution is 5.91. The van der Waals surface area contributed by atoms with Gasteiger partial charge in [0.2, 0.25) is 0 Å². The maximum Gasteiger partial charge on any atom is 0.162 e. The van der Waals surface area contributed by atoms with Crippen molar-refractivity contribution in [2.45, 2.75) is 32.6 Å². The molecule has 4 aromatic rings. The second kappa shape index (κ2) is 10.0. The fourth-order valence-electron chi connectivity index (χ4n) is 4.65. The van der Waals surface area contributed by atoms with Crippen molar-refractivity contribution in [2.75, 3.05) is 24.6 Å². The Morgan fingerprint density at radius 3 is 2.33 bits per heavy atom. The van der Waals surface area contributed by atoms with Gasteiger partial charge >= 0.3 is 0 Å². The average molecular weight is 438 g/mol. The molecule has 0 radical (unpaired) electrons. The number of ether oxygens (including phenoxy) is 1. The zero-order valence-corrected chi connectivity index (χ0v) is 19.3. The minimum atomic E-state index is 0.729. The standard InChI is InChI=1S/C29H31N3O/c1-2-20-33-25-14-12-24(13-15-25)28-30-27-11-7-6-10-26(27)29(31-28)32-18-16-23(17-19-32)21-22-8-4-3-5-9-22/h3-15,23H,2,16-21H2,1H3. The quantitative estimate of drug-likeness (QED) is 0.329. The van der Waals surface area contributed by atoms with E-state index in [0.29, 0.717) is 0 Å². The van der Waals surface area contributed by atoms with Crippen molar-refractivity contribution >= 4 is 16.7 Å². The fraction of sp³-hybridized carbons (Fsp3) is 0.310. The van der Waals surface area contributed by atoms with E-state index in [0.717, 1.165) is 72.3 Å². The zero-order chi connectivity index (χ0) is 22.5. The number of anilines is 1. The molecule has 1 aromatic heterocycles.